The zero-order valence-electron chi connectivity index (χ0n) is 30.7. The molecule has 2 aromatic carbocycles. The molecule has 2 aliphatic heterocycles. The van der Waals surface area contributed by atoms with Gasteiger partial charge in [-0.05, 0) is 72.2 Å². The third-order valence-electron chi connectivity index (χ3n) is 10.5. The van der Waals surface area contributed by atoms with Crippen LogP contribution in [-0.4, -0.2) is 104 Å². The first-order valence-corrected chi connectivity index (χ1v) is 20.2. The van der Waals surface area contributed by atoms with E-state index in [1.165, 1.54) is 28.8 Å². The van der Waals surface area contributed by atoms with Crippen molar-refractivity contribution in [2.75, 3.05) is 50.9 Å². The number of hydrogen-bond donors (Lipinski definition) is 2. The molecule has 14 heteroatoms. The van der Waals surface area contributed by atoms with Gasteiger partial charge in [-0.1, -0.05) is 30.3 Å². The van der Waals surface area contributed by atoms with Crippen LogP contribution in [0.15, 0.2) is 79.4 Å². The Bertz CT molecular complexity index is 2130. The lowest BCUT2D eigenvalue weighted by Gasteiger charge is -2.29. The van der Waals surface area contributed by atoms with Crippen LogP contribution in [0.25, 0.3) is 16.8 Å². The highest BCUT2D eigenvalue weighted by molar-refractivity contribution is 7.99. The molecule has 1 saturated carbocycles. The number of thioether (sulfide) groups is 1. The topological polar surface area (TPSA) is 126 Å². The average molecular weight is 765 g/mol. The zero-order chi connectivity index (χ0) is 37.6. The number of rotatable bonds is 11. The molecule has 5 heterocycles. The maximum absolute atomic E-state index is 14.6. The minimum Gasteiger partial charge on any atom is -0.438 e. The predicted molar refractivity (Wildman–Crippen MR) is 209 cm³/mol. The van der Waals surface area contributed by atoms with Gasteiger partial charge in [-0.2, -0.15) is 16.9 Å². The van der Waals surface area contributed by atoms with E-state index >= 15 is 0 Å². The first-order chi connectivity index (χ1) is 26.9. The fourth-order valence-electron chi connectivity index (χ4n) is 7.58. The number of nitrogens with zero attached hydrogens (tertiary/aromatic N) is 6. The molecule has 3 fully saturated rings. The number of aromatic nitrogens is 4. The van der Waals surface area contributed by atoms with E-state index in [0.717, 1.165) is 75.9 Å². The van der Waals surface area contributed by atoms with Gasteiger partial charge in [0.2, 0.25) is 5.88 Å². The van der Waals surface area contributed by atoms with Crippen molar-refractivity contribution in [3.8, 4) is 22.8 Å². The van der Waals surface area contributed by atoms with E-state index in [9.17, 15) is 14.0 Å². The van der Waals surface area contributed by atoms with Crippen molar-refractivity contribution in [3.05, 3.63) is 107 Å². The third kappa shape index (κ3) is 9.16. The fourth-order valence-corrected chi connectivity index (χ4v) is 8.56. The van der Waals surface area contributed by atoms with Crippen LogP contribution < -0.4 is 15.4 Å². The molecule has 12 nitrogen and oxygen atoms in total. The molecule has 55 heavy (non-hydrogen) atoms. The van der Waals surface area contributed by atoms with Crippen molar-refractivity contribution in [2.24, 2.45) is 0 Å². The second kappa shape index (κ2) is 17.3. The summed E-state index contributed by atoms with van der Waals surface area (Å²) in [6.07, 6.45) is 8.59. The molecule has 8 rings (SSSR count). The largest absolute Gasteiger partial charge is 0.438 e. The van der Waals surface area contributed by atoms with Crippen LogP contribution in [-0.2, 0) is 17.8 Å². The predicted octanol–water partition coefficient (Wildman–Crippen LogP) is 5.57. The number of fused-ring (bicyclic) bond motifs is 1. The lowest BCUT2D eigenvalue weighted by Crippen LogP contribution is -2.43. The van der Waals surface area contributed by atoms with Gasteiger partial charge in [0.15, 0.2) is 5.65 Å². The van der Waals surface area contributed by atoms with Crippen molar-refractivity contribution in [2.45, 2.75) is 50.9 Å². The Hall–Kier alpha value is -4.89. The molecule has 5 aromatic rings. The first-order valence-electron chi connectivity index (χ1n) is 19.0. The van der Waals surface area contributed by atoms with E-state index in [-0.39, 0.29) is 29.4 Å². The van der Waals surface area contributed by atoms with Crippen LogP contribution in [0.5, 0.6) is 11.6 Å². The molecule has 0 unspecified atom stereocenters. The van der Waals surface area contributed by atoms with Crippen LogP contribution in [0, 0.1) is 5.82 Å². The molecule has 0 atom stereocenters. The summed E-state index contributed by atoms with van der Waals surface area (Å²) >= 11 is 2.02. The Labute approximate surface area is 323 Å². The number of carbonyl (C=O) groups is 2. The van der Waals surface area contributed by atoms with E-state index in [2.05, 4.69) is 59.8 Å². The fraction of sp³-hybridized carbons (Fsp3) is 0.390. The standard InChI is InChI=1S/C41H45FN8O4S/c42-31-23-36(39(51)46-32-6-8-33(9-7-32)47-40(52)37-25-45-50-12-2-11-43-38(37)50)41(44-24-31)54-34-4-1-3-29(22-34)35-10-5-28(26-49-15-19-55-20-16-49)21-30(35)27-48-13-17-53-18-14-48/h1-5,10-12,21-25,32-33H,6-9,13-20,26-27H2,(H,46,51)(H,47,52). The number of hydrogen-bond acceptors (Lipinski definition) is 10. The number of benzene rings is 2. The van der Waals surface area contributed by atoms with Crippen LogP contribution in [0.1, 0.15) is 57.5 Å². The molecule has 0 spiro atoms. The molecule has 2 saturated heterocycles. The maximum atomic E-state index is 14.6. The zero-order valence-corrected chi connectivity index (χ0v) is 31.5. The van der Waals surface area contributed by atoms with Crippen LogP contribution >= 0.6 is 11.8 Å². The molecule has 0 radical (unpaired) electrons. The Balaban J connectivity index is 0.935. The number of pyridine rings is 1. The van der Waals surface area contributed by atoms with Gasteiger partial charge in [0, 0.05) is 75.3 Å². The number of morpholine rings is 1. The van der Waals surface area contributed by atoms with Crippen molar-refractivity contribution >= 4 is 29.2 Å². The SMILES string of the molecule is O=C(NC1CCC(NC(=O)c2cnn3cccnc23)CC1)c1cc(F)cnc1Oc1cccc(-c2ccc(CN3CCSCC3)cc2CN2CCOCC2)c1. The molecule has 0 bridgehead atoms. The van der Waals surface area contributed by atoms with Gasteiger partial charge < -0.3 is 20.1 Å². The lowest BCUT2D eigenvalue weighted by molar-refractivity contribution is 0.0342. The number of amides is 2. The molecular formula is C41H45FN8O4S. The quantitative estimate of drug-likeness (QED) is 0.176. The van der Waals surface area contributed by atoms with E-state index in [1.54, 1.807) is 23.0 Å². The van der Waals surface area contributed by atoms with Gasteiger partial charge in [-0.25, -0.2) is 18.9 Å². The van der Waals surface area contributed by atoms with Gasteiger partial charge in [-0.3, -0.25) is 19.4 Å². The summed E-state index contributed by atoms with van der Waals surface area (Å²) < 4.78 is 28.0. The third-order valence-corrected chi connectivity index (χ3v) is 11.5. The van der Waals surface area contributed by atoms with Gasteiger partial charge in [0.05, 0.1) is 25.6 Å². The molecular weight excluding hydrogens is 720 g/mol. The molecule has 2 N–H and O–H groups in total. The van der Waals surface area contributed by atoms with Gasteiger partial charge in [0.25, 0.3) is 11.8 Å². The number of ether oxygens (including phenoxy) is 2. The van der Waals surface area contributed by atoms with E-state index in [1.807, 2.05) is 30.0 Å². The smallest absolute Gasteiger partial charge is 0.257 e. The molecule has 3 aromatic heterocycles. The van der Waals surface area contributed by atoms with Crippen molar-refractivity contribution in [3.63, 3.8) is 0 Å². The Morgan fingerprint density at radius 3 is 2.36 bits per heavy atom. The van der Waals surface area contributed by atoms with Crippen LogP contribution in [0.2, 0.25) is 0 Å². The normalized spacial score (nSPS) is 19.6. The van der Waals surface area contributed by atoms with E-state index in [4.69, 9.17) is 9.47 Å². The number of nitrogens with one attached hydrogen (secondary N) is 2. The second-order valence-electron chi connectivity index (χ2n) is 14.3. The Kier molecular flexibility index (Phi) is 11.6. The summed E-state index contributed by atoms with van der Waals surface area (Å²) in [7, 11) is 0. The molecule has 2 amide bonds. The average Bonchev–Trinajstić information content (AvgIpc) is 3.65. The highest BCUT2D eigenvalue weighted by Crippen LogP contribution is 2.32. The summed E-state index contributed by atoms with van der Waals surface area (Å²) in [5.41, 5.74) is 5.58. The van der Waals surface area contributed by atoms with Crippen molar-refractivity contribution in [1.82, 2.24) is 40.0 Å². The van der Waals surface area contributed by atoms with Crippen LogP contribution in [0.3, 0.4) is 0 Å². The Morgan fingerprint density at radius 2 is 1.58 bits per heavy atom. The highest BCUT2D eigenvalue weighted by Gasteiger charge is 2.27. The van der Waals surface area contributed by atoms with Crippen LogP contribution in [0.4, 0.5) is 4.39 Å². The maximum Gasteiger partial charge on any atom is 0.257 e. The van der Waals surface area contributed by atoms with Gasteiger partial charge in [0.1, 0.15) is 22.7 Å². The summed E-state index contributed by atoms with van der Waals surface area (Å²) in [6, 6.07) is 17.2. The first kappa shape index (κ1) is 37.1. The van der Waals surface area contributed by atoms with Crippen molar-refractivity contribution in [1.29, 1.82) is 0 Å². The monoisotopic (exact) mass is 764 g/mol. The summed E-state index contributed by atoms with van der Waals surface area (Å²) in [4.78, 5) is 40.0. The van der Waals surface area contributed by atoms with Gasteiger partial charge >= 0.3 is 0 Å². The summed E-state index contributed by atoms with van der Waals surface area (Å²) in [5, 5.41) is 10.3. The highest BCUT2D eigenvalue weighted by atomic mass is 32.2. The summed E-state index contributed by atoms with van der Waals surface area (Å²) in [5.74, 6) is 1.55. The minimum absolute atomic E-state index is 0.0230. The van der Waals surface area contributed by atoms with E-state index < -0.39 is 11.7 Å². The molecule has 286 valence electrons. The van der Waals surface area contributed by atoms with Crippen molar-refractivity contribution < 1.29 is 23.5 Å². The van der Waals surface area contributed by atoms with Gasteiger partial charge in [-0.15, -0.1) is 0 Å². The number of carbonyl (C=O) groups excluding carboxylic acids is 2. The lowest BCUT2D eigenvalue weighted by atomic mass is 9.91. The second-order valence-corrected chi connectivity index (χ2v) is 15.6. The van der Waals surface area contributed by atoms with E-state index in [0.29, 0.717) is 42.6 Å². The molecule has 3 aliphatic rings. The molecule has 1 aliphatic carbocycles. The summed E-state index contributed by atoms with van der Waals surface area (Å²) in [6.45, 7) is 7.18. The number of halogens is 1. The Morgan fingerprint density at radius 1 is 0.836 bits per heavy atom. The minimum atomic E-state index is -0.629.